The Hall–Kier alpha value is -1.11. The summed E-state index contributed by atoms with van der Waals surface area (Å²) in [4.78, 5) is 0. The van der Waals surface area contributed by atoms with E-state index in [1.54, 1.807) is 24.3 Å². The minimum Gasteiger partial charge on any atom is -0.388 e. The van der Waals surface area contributed by atoms with Crippen LogP contribution in [0.4, 0.5) is 5.69 Å². The van der Waals surface area contributed by atoms with Crippen molar-refractivity contribution in [3.63, 3.8) is 0 Å². The summed E-state index contributed by atoms with van der Waals surface area (Å²) in [7, 11) is -3.27. The number of nitrogens with one attached hydrogen (secondary N) is 2. The van der Waals surface area contributed by atoms with Gasteiger partial charge in [0, 0.05) is 11.7 Å². The predicted molar refractivity (Wildman–Crippen MR) is 110 cm³/mol. The third-order valence-electron chi connectivity index (χ3n) is 4.58. The molecule has 2 unspecified atom stereocenters. The highest BCUT2D eigenvalue weighted by Gasteiger charge is 2.10. The summed E-state index contributed by atoms with van der Waals surface area (Å²) >= 11 is 0. The van der Waals surface area contributed by atoms with Gasteiger partial charge in [0.25, 0.3) is 0 Å². The lowest BCUT2D eigenvalue weighted by Crippen LogP contribution is -2.29. The van der Waals surface area contributed by atoms with Gasteiger partial charge in [-0.2, -0.15) is 0 Å². The molecule has 0 heterocycles. The van der Waals surface area contributed by atoms with Crippen LogP contribution in [0.3, 0.4) is 0 Å². The molecule has 0 amide bonds. The number of unbranched alkanes of at least 4 members (excludes halogenated alkanes) is 3. The molecule has 5 nitrogen and oxygen atoms in total. The lowest BCUT2D eigenvalue weighted by molar-refractivity contribution is 0.164. The normalized spacial score (nSPS) is 14.2. The zero-order chi connectivity index (χ0) is 19.4. The molecule has 0 saturated carbocycles. The second-order valence-corrected chi connectivity index (χ2v) is 8.81. The Labute approximate surface area is 159 Å². The van der Waals surface area contributed by atoms with Gasteiger partial charge in [-0.15, -0.1) is 0 Å². The molecule has 0 saturated heterocycles. The number of benzene rings is 1. The van der Waals surface area contributed by atoms with Crippen LogP contribution < -0.4 is 10.0 Å². The molecule has 0 bridgehead atoms. The Morgan fingerprint density at radius 1 is 1.00 bits per heavy atom. The zero-order valence-corrected chi connectivity index (χ0v) is 17.3. The van der Waals surface area contributed by atoms with Crippen molar-refractivity contribution in [1.29, 1.82) is 0 Å². The zero-order valence-electron chi connectivity index (χ0n) is 16.5. The summed E-state index contributed by atoms with van der Waals surface area (Å²) in [6.07, 6.45) is 9.78. The van der Waals surface area contributed by atoms with E-state index in [0.717, 1.165) is 31.2 Å². The number of aliphatic hydroxyl groups excluding tert-OH is 1. The van der Waals surface area contributed by atoms with Crippen LogP contribution in [0.1, 0.15) is 76.9 Å². The van der Waals surface area contributed by atoms with Crippen LogP contribution in [0.5, 0.6) is 0 Å². The molecule has 26 heavy (non-hydrogen) atoms. The summed E-state index contributed by atoms with van der Waals surface area (Å²) in [6.45, 7) is 5.37. The van der Waals surface area contributed by atoms with E-state index in [9.17, 15) is 13.5 Å². The SMILES string of the molecule is CCCCCCC(CC)NCCCC(O)c1ccc(NS(C)(=O)=O)cc1. The van der Waals surface area contributed by atoms with Crippen LogP contribution in [0.15, 0.2) is 24.3 Å². The molecular formula is C20H36N2O3S. The molecule has 0 aliphatic rings. The molecular weight excluding hydrogens is 348 g/mol. The minimum atomic E-state index is -3.27. The fourth-order valence-corrected chi connectivity index (χ4v) is 3.59. The van der Waals surface area contributed by atoms with Crippen LogP contribution in [0.25, 0.3) is 0 Å². The van der Waals surface area contributed by atoms with Gasteiger partial charge in [-0.25, -0.2) is 8.42 Å². The Balaban J connectivity index is 2.29. The number of hydrogen-bond acceptors (Lipinski definition) is 4. The van der Waals surface area contributed by atoms with Crippen LogP contribution in [0.2, 0.25) is 0 Å². The van der Waals surface area contributed by atoms with E-state index in [4.69, 9.17) is 0 Å². The van der Waals surface area contributed by atoms with Crippen LogP contribution >= 0.6 is 0 Å². The van der Waals surface area contributed by atoms with Gasteiger partial charge in [0.05, 0.1) is 12.4 Å². The fraction of sp³-hybridized carbons (Fsp3) is 0.700. The van der Waals surface area contributed by atoms with Crippen molar-refractivity contribution in [3.05, 3.63) is 29.8 Å². The number of sulfonamides is 1. The average molecular weight is 385 g/mol. The van der Waals surface area contributed by atoms with Gasteiger partial charge in [0.15, 0.2) is 0 Å². The lowest BCUT2D eigenvalue weighted by atomic mass is 10.0. The van der Waals surface area contributed by atoms with Crippen LogP contribution in [-0.2, 0) is 10.0 Å². The predicted octanol–water partition coefficient (Wildman–Crippen LogP) is 4.21. The topological polar surface area (TPSA) is 78.4 Å². The fourth-order valence-electron chi connectivity index (χ4n) is 3.02. The molecule has 0 fully saturated rings. The molecule has 0 aromatic heterocycles. The molecule has 1 rings (SSSR count). The molecule has 0 aliphatic carbocycles. The summed E-state index contributed by atoms with van der Waals surface area (Å²) in [6, 6.07) is 7.48. The van der Waals surface area contributed by atoms with Crippen LogP contribution in [-0.4, -0.2) is 32.4 Å². The summed E-state index contributed by atoms with van der Waals surface area (Å²) in [5.41, 5.74) is 1.33. The number of aliphatic hydroxyl groups is 1. The first-order valence-corrected chi connectivity index (χ1v) is 11.7. The highest BCUT2D eigenvalue weighted by Crippen LogP contribution is 2.20. The second kappa shape index (κ2) is 12.3. The Morgan fingerprint density at radius 3 is 2.27 bits per heavy atom. The molecule has 0 aliphatic heterocycles. The minimum absolute atomic E-state index is 0.513. The van der Waals surface area contributed by atoms with Gasteiger partial charge in [-0.05, 0) is 49.9 Å². The summed E-state index contributed by atoms with van der Waals surface area (Å²) in [5.74, 6) is 0. The van der Waals surface area contributed by atoms with Gasteiger partial charge >= 0.3 is 0 Å². The van der Waals surface area contributed by atoms with E-state index < -0.39 is 16.1 Å². The quantitative estimate of drug-likeness (QED) is 0.420. The van der Waals surface area contributed by atoms with Crippen LogP contribution in [0, 0.1) is 0 Å². The smallest absolute Gasteiger partial charge is 0.229 e. The maximum atomic E-state index is 11.2. The van der Waals surface area contributed by atoms with Gasteiger partial charge < -0.3 is 10.4 Å². The van der Waals surface area contributed by atoms with Gasteiger partial charge in [0.1, 0.15) is 0 Å². The molecule has 2 atom stereocenters. The van der Waals surface area contributed by atoms with E-state index in [0.29, 0.717) is 18.2 Å². The van der Waals surface area contributed by atoms with Gasteiger partial charge in [-0.1, -0.05) is 51.7 Å². The van der Waals surface area contributed by atoms with Crippen molar-refractivity contribution in [3.8, 4) is 0 Å². The molecule has 0 spiro atoms. The van der Waals surface area contributed by atoms with Crippen molar-refractivity contribution in [2.75, 3.05) is 17.5 Å². The molecule has 1 aromatic rings. The third kappa shape index (κ3) is 10.1. The third-order valence-corrected chi connectivity index (χ3v) is 5.19. The van der Waals surface area contributed by atoms with E-state index >= 15 is 0 Å². The first-order valence-electron chi connectivity index (χ1n) is 9.85. The monoisotopic (exact) mass is 384 g/mol. The average Bonchev–Trinajstić information content (AvgIpc) is 2.59. The largest absolute Gasteiger partial charge is 0.388 e. The maximum absolute atomic E-state index is 11.2. The van der Waals surface area contributed by atoms with E-state index in [2.05, 4.69) is 23.9 Å². The highest BCUT2D eigenvalue weighted by molar-refractivity contribution is 7.92. The van der Waals surface area contributed by atoms with Crippen molar-refractivity contribution >= 4 is 15.7 Å². The lowest BCUT2D eigenvalue weighted by Gasteiger charge is -2.18. The Bertz CT molecular complexity index is 588. The molecule has 6 heteroatoms. The maximum Gasteiger partial charge on any atom is 0.229 e. The number of hydrogen-bond donors (Lipinski definition) is 3. The van der Waals surface area contributed by atoms with Crippen molar-refractivity contribution in [2.24, 2.45) is 0 Å². The van der Waals surface area contributed by atoms with E-state index in [1.165, 1.54) is 32.1 Å². The van der Waals surface area contributed by atoms with Gasteiger partial charge in [-0.3, -0.25) is 4.72 Å². The highest BCUT2D eigenvalue weighted by atomic mass is 32.2. The number of rotatable bonds is 14. The van der Waals surface area contributed by atoms with Crippen molar-refractivity contribution in [1.82, 2.24) is 5.32 Å². The summed E-state index contributed by atoms with van der Waals surface area (Å²) < 4.78 is 24.8. The van der Waals surface area contributed by atoms with E-state index in [1.807, 2.05) is 0 Å². The standard InChI is InChI=1S/C20H36N2O3S/c1-4-6-7-8-10-18(5-2)21-16-9-11-20(23)17-12-14-19(15-13-17)22-26(3,24)25/h12-15,18,20-23H,4-11,16H2,1-3H3. The Morgan fingerprint density at radius 2 is 1.69 bits per heavy atom. The summed E-state index contributed by atoms with van der Waals surface area (Å²) in [5, 5.41) is 13.9. The molecule has 150 valence electrons. The molecule has 0 radical (unpaired) electrons. The van der Waals surface area contributed by atoms with Crippen molar-refractivity contribution < 1.29 is 13.5 Å². The number of anilines is 1. The van der Waals surface area contributed by atoms with Gasteiger partial charge in [0.2, 0.25) is 10.0 Å². The van der Waals surface area contributed by atoms with Crippen molar-refractivity contribution in [2.45, 2.75) is 77.4 Å². The molecule has 3 N–H and O–H groups in total. The van der Waals surface area contributed by atoms with E-state index in [-0.39, 0.29) is 0 Å². The second-order valence-electron chi connectivity index (χ2n) is 7.06. The Kier molecular flexibility index (Phi) is 10.9. The first kappa shape index (κ1) is 22.9. The first-order chi connectivity index (χ1) is 12.4. The molecule has 1 aromatic carbocycles.